The summed E-state index contributed by atoms with van der Waals surface area (Å²) < 4.78 is 11.1. The molecule has 0 aromatic carbocycles. The Morgan fingerprint density at radius 2 is 1.83 bits per heavy atom. The summed E-state index contributed by atoms with van der Waals surface area (Å²) in [6, 6.07) is 1.12. The van der Waals surface area contributed by atoms with E-state index in [1.54, 1.807) is 0 Å². The van der Waals surface area contributed by atoms with Crippen molar-refractivity contribution in [3.8, 4) is 0 Å². The molecule has 2 atom stereocenters. The van der Waals surface area contributed by atoms with Crippen LogP contribution >= 0.6 is 0 Å². The monoisotopic (exact) mass is 256 g/mol. The molecule has 4 heteroatoms. The Balaban J connectivity index is 1.82. The lowest BCUT2D eigenvalue weighted by atomic mass is 9.96. The third kappa shape index (κ3) is 3.92. The molecule has 0 aromatic heterocycles. The van der Waals surface area contributed by atoms with E-state index in [0.717, 1.165) is 45.3 Å². The predicted molar refractivity (Wildman–Crippen MR) is 72.9 cm³/mol. The molecule has 0 aromatic rings. The molecule has 2 fully saturated rings. The highest BCUT2D eigenvalue weighted by Crippen LogP contribution is 2.19. The number of likely N-dealkylation sites (N-methyl/N-ethyl adjacent to an activating group) is 2. The maximum absolute atomic E-state index is 5.66. The van der Waals surface area contributed by atoms with Crippen molar-refractivity contribution in [2.45, 2.75) is 38.3 Å². The average molecular weight is 256 g/mol. The summed E-state index contributed by atoms with van der Waals surface area (Å²) in [5.74, 6) is 0.799. The van der Waals surface area contributed by atoms with Crippen molar-refractivity contribution in [1.29, 1.82) is 0 Å². The van der Waals surface area contributed by atoms with Crippen LogP contribution in [0.4, 0.5) is 0 Å². The van der Waals surface area contributed by atoms with Crippen molar-refractivity contribution >= 4 is 0 Å². The molecule has 0 radical (unpaired) electrons. The van der Waals surface area contributed by atoms with Gasteiger partial charge in [-0.25, -0.2) is 0 Å². The van der Waals surface area contributed by atoms with E-state index < -0.39 is 0 Å². The highest BCUT2D eigenvalue weighted by atomic mass is 16.5. The van der Waals surface area contributed by atoms with Crippen LogP contribution < -0.4 is 5.32 Å². The molecule has 0 bridgehead atoms. The van der Waals surface area contributed by atoms with Crippen molar-refractivity contribution in [1.82, 2.24) is 10.2 Å². The van der Waals surface area contributed by atoms with Crippen LogP contribution in [0.5, 0.6) is 0 Å². The second-order valence-corrected chi connectivity index (χ2v) is 5.59. The normalized spacial score (nSPS) is 30.8. The summed E-state index contributed by atoms with van der Waals surface area (Å²) in [6.45, 7) is 8.07. The SMILES string of the molecule is CCNC1CCOCC1N(C)CC1CCOCC1. The van der Waals surface area contributed by atoms with Gasteiger partial charge in [0, 0.05) is 38.4 Å². The predicted octanol–water partition coefficient (Wildman–Crippen LogP) is 1.11. The quantitative estimate of drug-likeness (QED) is 0.799. The molecular formula is C14H28N2O2. The Labute approximate surface area is 111 Å². The molecule has 2 aliphatic rings. The molecule has 2 saturated heterocycles. The van der Waals surface area contributed by atoms with Crippen LogP contribution in [-0.4, -0.2) is 63.5 Å². The van der Waals surface area contributed by atoms with Gasteiger partial charge < -0.3 is 14.8 Å². The molecule has 1 N–H and O–H groups in total. The average Bonchev–Trinajstić information content (AvgIpc) is 2.41. The molecule has 0 spiro atoms. The maximum Gasteiger partial charge on any atom is 0.0636 e. The molecule has 0 aliphatic carbocycles. The van der Waals surface area contributed by atoms with Gasteiger partial charge in [-0.1, -0.05) is 6.92 Å². The minimum atomic E-state index is 0.529. The van der Waals surface area contributed by atoms with Gasteiger partial charge in [-0.2, -0.15) is 0 Å². The molecule has 4 nitrogen and oxygen atoms in total. The van der Waals surface area contributed by atoms with Gasteiger partial charge in [0.1, 0.15) is 0 Å². The lowest BCUT2D eigenvalue weighted by Gasteiger charge is -2.40. The van der Waals surface area contributed by atoms with Gasteiger partial charge in [-0.05, 0) is 38.8 Å². The molecule has 18 heavy (non-hydrogen) atoms. The van der Waals surface area contributed by atoms with Crippen molar-refractivity contribution in [3.63, 3.8) is 0 Å². The van der Waals surface area contributed by atoms with Crippen molar-refractivity contribution in [3.05, 3.63) is 0 Å². The summed E-state index contributed by atoms with van der Waals surface area (Å²) in [5, 5.41) is 3.61. The Morgan fingerprint density at radius 3 is 2.56 bits per heavy atom. The highest BCUT2D eigenvalue weighted by Gasteiger charge is 2.29. The van der Waals surface area contributed by atoms with Crippen LogP contribution in [0.15, 0.2) is 0 Å². The Kier molecular flexibility index (Phi) is 5.89. The van der Waals surface area contributed by atoms with E-state index in [2.05, 4.69) is 24.2 Å². The largest absolute Gasteiger partial charge is 0.381 e. The van der Waals surface area contributed by atoms with Crippen molar-refractivity contribution in [2.75, 3.05) is 46.6 Å². The lowest BCUT2D eigenvalue weighted by Crippen LogP contribution is -2.55. The van der Waals surface area contributed by atoms with Gasteiger partial charge in [-0.15, -0.1) is 0 Å². The fourth-order valence-corrected chi connectivity index (χ4v) is 3.13. The standard InChI is InChI=1S/C14H28N2O2/c1-3-15-13-6-9-18-11-14(13)16(2)10-12-4-7-17-8-5-12/h12-15H,3-11H2,1-2H3. The molecule has 2 aliphatic heterocycles. The van der Waals surface area contributed by atoms with E-state index in [0.29, 0.717) is 12.1 Å². The fraction of sp³-hybridized carbons (Fsp3) is 1.00. The molecule has 2 rings (SSSR count). The highest BCUT2D eigenvalue weighted by molar-refractivity contribution is 4.86. The number of nitrogens with zero attached hydrogens (tertiary/aromatic N) is 1. The Bertz CT molecular complexity index is 230. The lowest BCUT2D eigenvalue weighted by molar-refractivity contribution is -0.00830. The van der Waals surface area contributed by atoms with Crippen LogP contribution in [0.3, 0.4) is 0 Å². The van der Waals surface area contributed by atoms with Crippen LogP contribution in [0.2, 0.25) is 0 Å². The van der Waals surface area contributed by atoms with Gasteiger partial charge in [0.2, 0.25) is 0 Å². The number of rotatable bonds is 5. The van der Waals surface area contributed by atoms with E-state index in [4.69, 9.17) is 9.47 Å². The molecule has 0 amide bonds. The molecule has 2 unspecified atom stereocenters. The summed E-state index contributed by atoms with van der Waals surface area (Å²) in [7, 11) is 2.25. The zero-order chi connectivity index (χ0) is 12.8. The van der Waals surface area contributed by atoms with Crippen LogP contribution in [-0.2, 0) is 9.47 Å². The zero-order valence-corrected chi connectivity index (χ0v) is 11.9. The van der Waals surface area contributed by atoms with Gasteiger partial charge in [-0.3, -0.25) is 4.90 Å². The third-order valence-corrected chi connectivity index (χ3v) is 4.25. The van der Waals surface area contributed by atoms with E-state index in [9.17, 15) is 0 Å². The molecular weight excluding hydrogens is 228 g/mol. The summed E-state index contributed by atoms with van der Waals surface area (Å²) in [6.07, 6.45) is 3.56. The van der Waals surface area contributed by atoms with Crippen LogP contribution in [0, 0.1) is 5.92 Å². The molecule has 106 valence electrons. The number of hydrogen-bond donors (Lipinski definition) is 1. The van der Waals surface area contributed by atoms with Gasteiger partial charge in [0.05, 0.1) is 6.61 Å². The van der Waals surface area contributed by atoms with Gasteiger partial charge >= 0.3 is 0 Å². The zero-order valence-electron chi connectivity index (χ0n) is 11.9. The minimum absolute atomic E-state index is 0.529. The number of nitrogens with one attached hydrogen (secondary N) is 1. The van der Waals surface area contributed by atoms with Crippen LogP contribution in [0.1, 0.15) is 26.2 Å². The van der Waals surface area contributed by atoms with Crippen molar-refractivity contribution in [2.24, 2.45) is 5.92 Å². The topological polar surface area (TPSA) is 33.7 Å². The van der Waals surface area contributed by atoms with Gasteiger partial charge in [0.15, 0.2) is 0 Å². The summed E-state index contributed by atoms with van der Waals surface area (Å²) >= 11 is 0. The molecule has 2 heterocycles. The number of ether oxygens (including phenoxy) is 2. The van der Waals surface area contributed by atoms with E-state index in [-0.39, 0.29) is 0 Å². The third-order valence-electron chi connectivity index (χ3n) is 4.25. The maximum atomic E-state index is 5.66. The second kappa shape index (κ2) is 7.43. The number of hydrogen-bond acceptors (Lipinski definition) is 4. The van der Waals surface area contributed by atoms with E-state index >= 15 is 0 Å². The fourth-order valence-electron chi connectivity index (χ4n) is 3.13. The first kappa shape index (κ1) is 14.3. The smallest absolute Gasteiger partial charge is 0.0636 e. The first-order chi connectivity index (χ1) is 8.81. The van der Waals surface area contributed by atoms with E-state index in [1.807, 2.05) is 0 Å². The summed E-state index contributed by atoms with van der Waals surface area (Å²) in [4.78, 5) is 2.50. The first-order valence-corrected chi connectivity index (χ1v) is 7.40. The minimum Gasteiger partial charge on any atom is -0.381 e. The summed E-state index contributed by atoms with van der Waals surface area (Å²) in [5.41, 5.74) is 0. The molecule has 0 saturated carbocycles. The second-order valence-electron chi connectivity index (χ2n) is 5.59. The Morgan fingerprint density at radius 1 is 1.11 bits per heavy atom. The van der Waals surface area contributed by atoms with Crippen molar-refractivity contribution < 1.29 is 9.47 Å². The Hall–Kier alpha value is -0.160. The first-order valence-electron chi connectivity index (χ1n) is 7.40. The van der Waals surface area contributed by atoms with E-state index in [1.165, 1.54) is 19.4 Å². The van der Waals surface area contributed by atoms with Crippen LogP contribution in [0.25, 0.3) is 0 Å². The van der Waals surface area contributed by atoms with Gasteiger partial charge in [0.25, 0.3) is 0 Å².